The van der Waals surface area contributed by atoms with E-state index in [1.807, 2.05) is 6.07 Å². The van der Waals surface area contributed by atoms with E-state index >= 15 is 0 Å². The van der Waals surface area contributed by atoms with Crippen LogP contribution in [0.5, 0.6) is 5.75 Å². The molecule has 2 heterocycles. The average molecular weight is 512 g/mol. The molecule has 8 nitrogen and oxygen atoms in total. The lowest BCUT2D eigenvalue weighted by Crippen LogP contribution is -2.42. The van der Waals surface area contributed by atoms with Gasteiger partial charge in [-0.1, -0.05) is 42.5 Å². The van der Waals surface area contributed by atoms with E-state index in [9.17, 15) is 27.9 Å². The predicted octanol–water partition coefficient (Wildman–Crippen LogP) is 4.12. The van der Waals surface area contributed by atoms with Gasteiger partial charge in [-0.05, 0) is 35.4 Å². The number of hydrogen-bond donors (Lipinski definition) is 2. The highest BCUT2D eigenvalue weighted by Crippen LogP contribution is 2.24. The van der Waals surface area contributed by atoms with Crippen LogP contribution in [0.3, 0.4) is 0 Å². The molecule has 0 fully saturated rings. The SMILES string of the molecule is O=C(CCc1nc2cccnc2n1Cc1ccc(OC(F)(F)F)cc1)N[C@H](Cc1ccccc1)C(=O)O. The van der Waals surface area contributed by atoms with Crippen molar-refractivity contribution in [1.82, 2.24) is 19.9 Å². The fourth-order valence-corrected chi connectivity index (χ4v) is 3.88. The zero-order chi connectivity index (χ0) is 26.4. The number of amides is 1. The largest absolute Gasteiger partial charge is 0.573 e. The number of alkyl halides is 3. The van der Waals surface area contributed by atoms with Gasteiger partial charge in [-0.2, -0.15) is 0 Å². The highest BCUT2D eigenvalue weighted by molar-refractivity contribution is 5.84. The Morgan fingerprint density at radius 2 is 1.73 bits per heavy atom. The molecule has 0 saturated carbocycles. The lowest BCUT2D eigenvalue weighted by molar-refractivity contribution is -0.274. The van der Waals surface area contributed by atoms with E-state index in [4.69, 9.17) is 0 Å². The number of carbonyl (C=O) groups excluding carboxylic acids is 1. The first-order valence-electron chi connectivity index (χ1n) is 11.4. The second-order valence-electron chi connectivity index (χ2n) is 8.30. The molecular weight excluding hydrogens is 489 g/mol. The van der Waals surface area contributed by atoms with E-state index in [2.05, 4.69) is 20.0 Å². The third-order valence-corrected chi connectivity index (χ3v) is 5.57. The monoisotopic (exact) mass is 512 g/mol. The summed E-state index contributed by atoms with van der Waals surface area (Å²) in [6, 6.07) is 16.9. The van der Waals surface area contributed by atoms with Gasteiger partial charge in [-0.25, -0.2) is 14.8 Å². The van der Waals surface area contributed by atoms with Crippen molar-refractivity contribution in [3.63, 3.8) is 0 Å². The van der Waals surface area contributed by atoms with Gasteiger partial charge in [0.15, 0.2) is 5.65 Å². The highest BCUT2D eigenvalue weighted by Gasteiger charge is 2.31. The van der Waals surface area contributed by atoms with E-state index in [-0.39, 0.29) is 31.6 Å². The molecule has 0 aliphatic rings. The number of benzene rings is 2. The standard InChI is InChI=1S/C26H23F3N4O4/c27-26(28,29)37-19-10-8-18(9-11-19)16-33-22(31-20-7-4-14-30-24(20)33)12-13-23(34)32-21(25(35)36)15-17-5-2-1-3-6-17/h1-11,14,21H,12-13,15-16H2,(H,32,34)(H,35,36)/t21-/m1/s1. The first-order valence-corrected chi connectivity index (χ1v) is 11.4. The number of rotatable bonds is 10. The minimum absolute atomic E-state index is 0.0136. The number of fused-ring (bicyclic) bond motifs is 1. The molecule has 4 rings (SSSR count). The number of nitrogens with one attached hydrogen (secondary N) is 1. The molecule has 0 radical (unpaired) electrons. The third kappa shape index (κ3) is 7.06. The van der Waals surface area contributed by atoms with Crippen LogP contribution in [0.25, 0.3) is 11.2 Å². The Morgan fingerprint density at radius 1 is 1.00 bits per heavy atom. The molecule has 2 aromatic heterocycles. The number of ether oxygens (including phenoxy) is 1. The Kier molecular flexibility index (Phi) is 7.71. The minimum Gasteiger partial charge on any atom is -0.480 e. The normalized spacial score (nSPS) is 12.3. The predicted molar refractivity (Wildman–Crippen MR) is 128 cm³/mol. The maximum absolute atomic E-state index is 12.6. The van der Waals surface area contributed by atoms with Gasteiger partial charge in [0.1, 0.15) is 23.1 Å². The number of hydrogen-bond acceptors (Lipinski definition) is 5. The zero-order valence-electron chi connectivity index (χ0n) is 19.5. The summed E-state index contributed by atoms with van der Waals surface area (Å²) in [5.41, 5.74) is 2.62. The quantitative estimate of drug-likeness (QED) is 0.331. The Labute approximate surface area is 209 Å². The fraction of sp³-hybridized carbons (Fsp3) is 0.231. The van der Waals surface area contributed by atoms with Crippen LogP contribution in [0.1, 0.15) is 23.4 Å². The van der Waals surface area contributed by atoms with Crippen LogP contribution in [0.4, 0.5) is 13.2 Å². The summed E-state index contributed by atoms with van der Waals surface area (Å²) in [5.74, 6) is -1.37. The Hall–Kier alpha value is -4.41. The van der Waals surface area contributed by atoms with Crippen LogP contribution in [0, 0.1) is 0 Å². The van der Waals surface area contributed by atoms with Gasteiger partial charge in [0.25, 0.3) is 0 Å². The van der Waals surface area contributed by atoms with Crippen LogP contribution in [0.15, 0.2) is 72.9 Å². The maximum Gasteiger partial charge on any atom is 0.573 e. The highest BCUT2D eigenvalue weighted by atomic mass is 19.4. The molecule has 37 heavy (non-hydrogen) atoms. The zero-order valence-corrected chi connectivity index (χ0v) is 19.5. The summed E-state index contributed by atoms with van der Waals surface area (Å²) in [5, 5.41) is 12.1. The summed E-state index contributed by atoms with van der Waals surface area (Å²) in [4.78, 5) is 33.2. The van der Waals surface area contributed by atoms with Crippen LogP contribution >= 0.6 is 0 Å². The number of nitrogens with zero attached hydrogens (tertiary/aromatic N) is 3. The van der Waals surface area contributed by atoms with E-state index in [0.717, 1.165) is 5.56 Å². The summed E-state index contributed by atoms with van der Waals surface area (Å²) >= 11 is 0. The summed E-state index contributed by atoms with van der Waals surface area (Å²) in [6.07, 6.45) is -2.84. The average Bonchev–Trinajstić information content (AvgIpc) is 3.20. The van der Waals surface area contributed by atoms with Crippen molar-refractivity contribution in [2.75, 3.05) is 0 Å². The van der Waals surface area contributed by atoms with Gasteiger partial charge in [-0.3, -0.25) is 4.79 Å². The van der Waals surface area contributed by atoms with Crippen molar-refractivity contribution in [1.29, 1.82) is 0 Å². The summed E-state index contributed by atoms with van der Waals surface area (Å²) in [6.45, 7) is 0.253. The number of carboxylic acid groups (broad SMARTS) is 1. The van der Waals surface area contributed by atoms with Crippen LogP contribution < -0.4 is 10.1 Å². The number of pyridine rings is 1. The van der Waals surface area contributed by atoms with Gasteiger partial charge in [0.05, 0.1) is 6.54 Å². The van der Waals surface area contributed by atoms with Crippen molar-refractivity contribution in [2.24, 2.45) is 0 Å². The van der Waals surface area contributed by atoms with Crippen molar-refractivity contribution < 1.29 is 32.6 Å². The molecule has 0 aliphatic heterocycles. The number of carbonyl (C=O) groups is 2. The number of imidazole rings is 1. The van der Waals surface area contributed by atoms with Gasteiger partial charge in [0, 0.05) is 25.5 Å². The summed E-state index contributed by atoms with van der Waals surface area (Å²) < 4.78 is 43.0. The maximum atomic E-state index is 12.6. The van der Waals surface area contributed by atoms with Crippen molar-refractivity contribution >= 4 is 23.0 Å². The molecule has 0 aliphatic carbocycles. The fourth-order valence-electron chi connectivity index (χ4n) is 3.88. The molecule has 1 amide bonds. The molecule has 192 valence electrons. The number of aryl methyl sites for hydroxylation is 1. The lowest BCUT2D eigenvalue weighted by atomic mass is 10.1. The molecule has 4 aromatic rings. The van der Waals surface area contributed by atoms with Crippen LogP contribution in [-0.4, -0.2) is 43.9 Å². The lowest BCUT2D eigenvalue weighted by Gasteiger charge is -2.15. The number of aromatic nitrogens is 3. The first kappa shape index (κ1) is 25.7. The van der Waals surface area contributed by atoms with Gasteiger partial charge in [-0.15, -0.1) is 13.2 Å². The minimum atomic E-state index is -4.78. The molecule has 0 bridgehead atoms. The molecule has 2 aromatic carbocycles. The van der Waals surface area contributed by atoms with Gasteiger partial charge < -0.3 is 19.7 Å². The number of halogens is 3. The topological polar surface area (TPSA) is 106 Å². The number of aliphatic carboxylic acids is 1. The molecule has 2 N–H and O–H groups in total. The van der Waals surface area contributed by atoms with E-state index in [1.54, 1.807) is 47.2 Å². The van der Waals surface area contributed by atoms with Crippen molar-refractivity contribution in [3.8, 4) is 5.75 Å². The number of carboxylic acids is 1. The van der Waals surface area contributed by atoms with E-state index in [0.29, 0.717) is 22.6 Å². The van der Waals surface area contributed by atoms with Gasteiger partial charge >= 0.3 is 12.3 Å². The van der Waals surface area contributed by atoms with E-state index < -0.39 is 24.3 Å². The molecule has 0 unspecified atom stereocenters. The Balaban J connectivity index is 1.46. The first-order chi connectivity index (χ1) is 17.7. The van der Waals surface area contributed by atoms with Crippen LogP contribution in [0.2, 0.25) is 0 Å². The third-order valence-electron chi connectivity index (χ3n) is 5.57. The van der Waals surface area contributed by atoms with Gasteiger partial charge in [0.2, 0.25) is 5.91 Å². The van der Waals surface area contributed by atoms with Crippen LogP contribution in [-0.2, 0) is 29.0 Å². The van der Waals surface area contributed by atoms with Crippen molar-refractivity contribution in [3.05, 3.63) is 89.9 Å². The Bertz CT molecular complexity index is 1370. The van der Waals surface area contributed by atoms with E-state index in [1.165, 1.54) is 24.3 Å². The molecule has 11 heteroatoms. The Morgan fingerprint density at radius 3 is 2.41 bits per heavy atom. The van der Waals surface area contributed by atoms with Crippen molar-refractivity contribution in [2.45, 2.75) is 38.2 Å². The second-order valence-corrected chi connectivity index (χ2v) is 8.30. The molecule has 0 saturated heterocycles. The molecule has 0 spiro atoms. The second kappa shape index (κ2) is 11.1. The molecule has 1 atom stereocenters. The smallest absolute Gasteiger partial charge is 0.480 e. The summed E-state index contributed by atoms with van der Waals surface area (Å²) in [7, 11) is 0. The molecular formula is C26H23F3N4O4.